The minimum absolute atomic E-state index is 0.100. The average molecular weight is 302 g/mol. The summed E-state index contributed by atoms with van der Waals surface area (Å²) in [7, 11) is -4.19. The summed E-state index contributed by atoms with van der Waals surface area (Å²) >= 11 is 0.699. The minimum Gasteiger partial charge on any atom is -0.393 e. The van der Waals surface area contributed by atoms with Gasteiger partial charge in [-0.15, -0.1) is 0 Å². The van der Waals surface area contributed by atoms with Gasteiger partial charge in [-0.2, -0.15) is 0 Å². The Morgan fingerprint density at radius 2 is 2.16 bits per heavy atom. The van der Waals surface area contributed by atoms with Gasteiger partial charge in [0.25, 0.3) is 10.0 Å². The van der Waals surface area contributed by atoms with Crippen LogP contribution in [0.4, 0.5) is 16.5 Å². The zero-order valence-corrected chi connectivity index (χ0v) is 10.7. The van der Waals surface area contributed by atoms with Crippen molar-refractivity contribution < 1.29 is 13.3 Å². The molecule has 0 saturated carbocycles. The highest BCUT2D eigenvalue weighted by Gasteiger charge is 2.28. The lowest BCUT2D eigenvalue weighted by atomic mass is 10.3. The van der Waals surface area contributed by atoms with E-state index in [2.05, 4.69) is 14.8 Å². The Kier molecular flexibility index (Phi) is 3.26. The summed E-state index contributed by atoms with van der Waals surface area (Å²) in [6.07, 6.45) is 0. The number of hydrogen-bond acceptors (Lipinski definition) is 9. The molecule has 0 amide bonds. The molecule has 3 N–H and O–H groups in total. The first-order chi connectivity index (χ1) is 8.92. The maximum absolute atomic E-state index is 12.0. The van der Waals surface area contributed by atoms with Crippen molar-refractivity contribution in [1.82, 2.24) is 14.8 Å². The topological polar surface area (TPSA) is 154 Å². The molecule has 0 aliphatic carbocycles. The van der Waals surface area contributed by atoms with E-state index in [-0.39, 0.29) is 10.8 Å². The van der Waals surface area contributed by atoms with Crippen molar-refractivity contribution >= 4 is 38.1 Å². The monoisotopic (exact) mass is 302 g/mol. The van der Waals surface area contributed by atoms with Crippen molar-refractivity contribution in [3.05, 3.63) is 28.3 Å². The van der Waals surface area contributed by atoms with Crippen molar-refractivity contribution in [2.24, 2.45) is 0 Å². The third-order valence-electron chi connectivity index (χ3n) is 2.02. The van der Waals surface area contributed by atoms with E-state index in [9.17, 15) is 18.5 Å². The van der Waals surface area contributed by atoms with Crippen molar-refractivity contribution in [3.63, 3.8) is 0 Å². The van der Waals surface area contributed by atoms with Crippen molar-refractivity contribution in [1.29, 1.82) is 0 Å². The SMILES string of the molecule is Nc1cccc(S(=O)(=O)Nc2nnns2)c1[N+](=O)[O-]. The van der Waals surface area contributed by atoms with Crippen LogP contribution in [0.5, 0.6) is 0 Å². The van der Waals surface area contributed by atoms with Crippen molar-refractivity contribution in [3.8, 4) is 0 Å². The molecule has 0 atom stereocenters. The van der Waals surface area contributed by atoms with E-state index in [1.807, 2.05) is 4.72 Å². The molecule has 2 aromatic rings. The fourth-order valence-corrected chi connectivity index (χ4v) is 3.08. The third-order valence-corrected chi connectivity index (χ3v) is 4.03. The highest BCUT2D eigenvalue weighted by Crippen LogP contribution is 2.30. The number of nitrogen functional groups attached to an aromatic ring is 1. The number of hydrogen-bond donors (Lipinski definition) is 2. The summed E-state index contributed by atoms with van der Waals surface area (Å²) in [5.74, 6) is 0. The molecule has 0 radical (unpaired) electrons. The number of sulfonamides is 1. The van der Waals surface area contributed by atoms with E-state index in [0.29, 0.717) is 11.5 Å². The van der Waals surface area contributed by atoms with Gasteiger partial charge in [0.1, 0.15) is 5.69 Å². The predicted octanol–water partition coefficient (Wildman–Crippen LogP) is 0.224. The molecular formula is C7H6N6O4S2. The Hall–Kier alpha value is -2.34. The van der Waals surface area contributed by atoms with Gasteiger partial charge in [0.15, 0.2) is 4.90 Å². The summed E-state index contributed by atoms with van der Waals surface area (Å²) in [6, 6.07) is 3.62. The number of nitrogens with zero attached hydrogens (tertiary/aromatic N) is 4. The second-order valence-electron chi connectivity index (χ2n) is 3.22. The second kappa shape index (κ2) is 4.74. The first kappa shape index (κ1) is 13.1. The molecule has 0 fully saturated rings. The molecule has 0 bridgehead atoms. The predicted molar refractivity (Wildman–Crippen MR) is 66.0 cm³/mol. The third kappa shape index (κ3) is 2.58. The van der Waals surface area contributed by atoms with Crippen LogP contribution in [-0.4, -0.2) is 28.1 Å². The molecule has 0 aliphatic heterocycles. The zero-order chi connectivity index (χ0) is 14.0. The first-order valence-corrected chi connectivity index (χ1v) is 6.88. The molecule has 12 heteroatoms. The van der Waals surface area contributed by atoms with Gasteiger partial charge >= 0.3 is 5.69 Å². The van der Waals surface area contributed by atoms with E-state index < -0.39 is 25.5 Å². The van der Waals surface area contributed by atoms with Gasteiger partial charge in [-0.05, 0) is 17.3 Å². The smallest absolute Gasteiger partial charge is 0.312 e. The normalized spacial score (nSPS) is 11.2. The Balaban J connectivity index is 2.52. The van der Waals surface area contributed by atoms with E-state index in [0.717, 1.165) is 6.07 Å². The Bertz CT molecular complexity index is 713. The lowest BCUT2D eigenvalue weighted by Crippen LogP contribution is -2.15. The molecule has 0 unspecified atom stereocenters. The Morgan fingerprint density at radius 1 is 1.42 bits per heavy atom. The van der Waals surface area contributed by atoms with Crippen LogP contribution in [0.1, 0.15) is 0 Å². The largest absolute Gasteiger partial charge is 0.393 e. The number of anilines is 2. The summed E-state index contributed by atoms with van der Waals surface area (Å²) in [5.41, 5.74) is 4.49. The molecule has 19 heavy (non-hydrogen) atoms. The number of nitro groups is 1. The number of aromatic nitrogens is 3. The van der Waals surface area contributed by atoms with Crippen LogP contribution in [0.25, 0.3) is 0 Å². The van der Waals surface area contributed by atoms with E-state index in [1.165, 1.54) is 12.1 Å². The summed E-state index contributed by atoms with van der Waals surface area (Å²) in [6.45, 7) is 0. The van der Waals surface area contributed by atoms with Crippen LogP contribution in [0.2, 0.25) is 0 Å². The molecule has 0 aliphatic rings. The number of nitro benzene ring substituents is 1. The standard InChI is InChI=1S/C7H6N6O4S2/c8-4-2-1-3-5(6(4)13(14)15)19(16,17)10-7-9-11-12-18-7/h1-3H,8H2,(H,9,10,12). The van der Waals surface area contributed by atoms with Gasteiger partial charge in [0.05, 0.1) is 4.92 Å². The zero-order valence-electron chi connectivity index (χ0n) is 9.05. The van der Waals surface area contributed by atoms with Crippen LogP contribution in [-0.2, 0) is 10.0 Å². The number of rotatable bonds is 4. The maximum Gasteiger partial charge on any atom is 0.312 e. The Morgan fingerprint density at radius 3 is 2.74 bits per heavy atom. The summed E-state index contributed by atoms with van der Waals surface area (Å²) in [5, 5.41) is 17.4. The fraction of sp³-hybridized carbons (Fsp3) is 0. The van der Waals surface area contributed by atoms with Crippen LogP contribution >= 0.6 is 11.5 Å². The van der Waals surface area contributed by atoms with Crippen LogP contribution < -0.4 is 10.5 Å². The van der Waals surface area contributed by atoms with Crippen LogP contribution in [0, 0.1) is 10.1 Å². The van der Waals surface area contributed by atoms with Gasteiger partial charge in [-0.1, -0.05) is 15.7 Å². The minimum atomic E-state index is -4.19. The van der Waals surface area contributed by atoms with Crippen molar-refractivity contribution in [2.45, 2.75) is 4.90 Å². The molecule has 1 aromatic carbocycles. The lowest BCUT2D eigenvalue weighted by Gasteiger charge is -2.06. The molecule has 10 nitrogen and oxygen atoms in total. The molecule has 2 rings (SSSR count). The lowest BCUT2D eigenvalue weighted by molar-refractivity contribution is -0.386. The number of benzene rings is 1. The molecule has 1 heterocycles. The van der Waals surface area contributed by atoms with Crippen LogP contribution in [0.3, 0.4) is 0 Å². The van der Waals surface area contributed by atoms with Crippen LogP contribution in [0.15, 0.2) is 23.1 Å². The summed E-state index contributed by atoms with van der Waals surface area (Å²) in [4.78, 5) is 9.48. The molecule has 0 saturated heterocycles. The van der Waals surface area contributed by atoms with Crippen molar-refractivity contribution in [2.75, 3.05) is 10.5 Å². The van der Waals surface area contributed by atoms with Gasteiger partial charge in [-0.3, -0.25) is 14.8 Å². The molecule has 0 spiro atoms. The number of nitrogens with two attached hydrogens (primary N) is 1. The highest BCUT2D eigenvalue weighted by molar-refractivity contribution is 7.93. The fourth-order valence-electron chi connectivity index (χ4n) is 1.29. The number of para-hydroxylation sites is 1. The Labute approximate surface area is 110 Å². The van der Waals surface area contributed by atoms with E-state index in [4.69, 9.17) is 5.73 Å². The highest BCUT2D eigenvalue weighted by atomic mass is 32.2. The first-order valence-electron chi connectivity index (χ1n) is 4.62. The van der Waals surface area contributed by atoms with E-state index in [1.54, 1.807) is 0 Å². The van der Waals surface area contributed by atoms with Gasteiger partial charge < -0.3 is 5.73 Å². The quantitative estimate of drug-likeness (QED) is 0.462. The maximum atomic E-state index is 12.0. The number of nitrogens with one attached hydrogen (secondary N) is 1. The van der Waals surface area contributed by atoms with E-state index >= 15 is 0 Å². The second-order valence-corrected chi connectivity index (χ2v) is 5.61. The van der Waals surface area contributed by atoms with Gasteiger partial charge in [0.2, 0.25) is 5.13 Å². The average Bonchev–Trinajstić information content (AvgIpc) is 2.80. The summed E-state index contributed by atoms with van der Waals surface area (Å²) < 4.78 is 29.4. The molecule has 1 aromatic heterocycles. The molecular weight excluding hydrogens is 296 g/mol. The van der Waals surface area contributed by atoms with Gasteiger partial charge in [0, 0.05) is 11.5 Å². The van der Waals surface area contributed by atoms with Gasteiger partial charge in [-0.25, -0.2) is 8.42 Å². The molecule has 100 valence electrons.